The van der Waals surface area contributed by atoms with E-state index in [1.807, 2.05) is 18.4 Å². The second-order valence-electron chi connectivity index (χ2n) is 6.22. The van der Waals surface area contributed by atoms with Gasteiger partial charge in [0.1, 0.15) is 5.82 Å². The fraction of sp³-hybridized carbons (Fsp3) is 0.625. The van der Waals surface area contributed by atoms with Gasteiger partial charge in [0.2, 0.25) is 0 Å². The Labute approximate surface area is 125 Å². The zero-order valence-electron chi connectivity index (χ0n) is 13.4. The van der Waals surface area contributed by atoms with Crippen LogP contribution >= 0.6 is 0 Å². The lowest BCUT2D eigenvalue weighted by Crippen LogP contribution is -2.22. The molecule has 0 bridgehead atoms. The molecule has 1 fully saturated rings. The fourth-order valence-corrected chi connectivity index (χ4v) is 2.62. The van der Waals surface area contributed by atoms with Crippen molar-refractivity contribution in [2.45, 2.75) is 40.5 Å². The molecule has 0 unspecified atom stereocenters. The Kier molecular flexibility index (Phi) is 3.61. The van der Waals surface area contributed by atoms with Crippen molar-refractivity contribution in [3.63, 3.8) is 0 Å². The van der Waals surface area contributed by atoms with Gasteiger partial charge in [-0.2, -0.15) is 9.61 Å². The summed E-state index contributed by atoms with van der Waals surface area (Å²) < 4.78 is 7.53. The van der Waals surface area contributed by atoms with Crippen molar-refractivity contribution >= 4 is 11.5 Å². The van der Waals surface area contributed by atoms with E-state index in [9.17, 15) is 0 Å². The van der Waals surface area contributed by atoms with Crippen LogP contribution in [0.3, 0.4) is 0 Å². The van der Waals surface area contributed by atoms with Crippen molar-refractivity contribution in [2.75, 3.05) is 25.1 Å². The van der Waals surface area contributed by atoms with Gasteiger partial charge >= 0.3 is 0 Å². The molecule has 114 valence electrons. The summed E-state index contributed by atoms with van der Waals surface area (Å²) in [5.41, 5.74) is 4.47. The number of anilines is 1. The first-order chi connectivity index (χ1) is 10.0. The van der Waals surface area contributed by atoms with Crippen LogP contribution in [0.1, 0.15) is 36.7 Å². The quantitative estimate of drug-likeness (QED) is 0.888. The average molecular weight is 288 g/mol. The molecule has 1 saturated carbocycles. The number of ether oxygens (including phenoxy) is 1. The highest BCUT2D eigenvalue weighted by Gasteiger charge is 2.42. The maximum atomic E-state index is 5.61. The zero-order chi connectivity index (χ0) is 15.0. The monoisotopic (exact) mass is 288 g/mol. The Hall–Kier alpha value is -1.62. The fourth-order valence-electron chi connectivity index (χ4n) is 2.62. The summed E-state index contributed by atoms with van der Waals surface area (Å²) in [7, 11) is 0. The maximum absolute atomic E-state index is 5.61. The van der Waals surface area contributed by atoms with E-state index < -0.39 is 0 Å². The van der Waals surface area contributed by atoms with Crippen LogP contribution in [0.5, 0.6) is 0 Å². The highest BCUT2D eigenvalue weighted by Crippen LogP contribution is 2.45. The molecule has 1 aliphatic rings. The summed E-state index contributed by atoms with van der Waals surface area (Å²) in [5, 5.41) is 8.16. The van der Waals surface area contributed by atoms with Gasteiger partial charge < -0.3 is 10.1 Å². The first-order valence-electron chi connectivity index (χ1n) is 7.70. The number of rotatable bonds is 6. The maximum Gasteiger partial charge on any atom is 0.160 e. The van der Waals surface area contributed by atoms with Crippen LogP contribution < -0.4 is 5.32 Å². The van der Waals surface area contributed by atoms with Crippen LogP contribution in [0.15, 0.2) is 6.07 Å². The Morgan fingerprint density at radius 3 is 2.76 bits per heavy atom. The van der Waals surface area contributed by atoms with Gasteiger partial charge in [0, 0.05) is 35.9 Å². The molecule has 21 heavy (non-hydrogen) atoms. The number of aromatic nitrogens is 3. The molecule has 3 rings (SSSR count). The average Bonchev–Trinajstić information content (AvgIpc) is 3.18. The van der Waals surface area contributed by atoms with Gasteiger partial charge in [-0.15, -0.1) is 0 Å². The summed E-state index contributed by atoms with van der Waals surface area (Å²) in [5.74, 6) is 1.02. The molecule has 2 heterocycles. The standard InChI is InChI=1S/C16H24N4O/c1-5-21-10-16(6-7-16)9-17-14-8-11(2)18-15-12(3)13(4)19-20(14)15/h8,17H,5-7,9-10H2,1-4H3. The highest BCUT2D eigenvalue weighted by atomic mass is 16.5. The molecule has 0 atom stereocenters. The molecule has 2 aromatic rings. The summed E-state index contributed by atoms with van der Waals surface area (Å²) in [6.07, 6.45) is 2.48. The van der Waals surface area contributed by atoms with Gasteiger partial charge in [-0.05, 0) is 40.5 Å². The minimum Gasteiger partial charge on any atom is -0.381 e. The molecule has 0 aliphatic heterocycles. The molecular weight excluding hydrogens is 264 g/mol. The third-order valence-corrected chi connectivity index (χ3v) is 4.40. The van der Waals surface area contributed by atoms with Gasteiger partial charge in [0.15, 0.2) is 5.65 Å². The molecule has 0 saturated heterocycles. The van der Waals surface area contributed by atoms with Crippen LogP contribution in [0, 0.1) is 26.2 Å². The number of hydrogen-bond donors (Lipinski definition) is 1. The minimum atomic E-state index is 0.316. The molecule has 5 nitrogen and oxygen atoms in total. The Morgan fingerprint density at radius 1 is 1.33 bits per heavy atom. The lowest BCUT2D eigenvalue weighted by molar-refractivity contribution is 0.105. The number of nitrogens with zero attached hydrogens (tertiary/aromatic N) is 3. The lowest BCUT2D eigenvalue weighted by atomic mass is 10.1. The van der Waals surface area contributed by atoms with Gasteiger partial charge in [0.05, 0.1) is 12.3 Å². The van der Waals surface area contributed by atoms with E-state index in [0.717, 1.165) is 48.2 Å². The SMILES string of the molecule is CCOCC1(CNc2cc(C)nc3c(C)c(C)nn23)CC1. The Morgan fingerprint density at radius 2 is 2.10 bits per heavy atom. The molecule has 0 radical (unpaired) electrons. The van der Waals surface area contributed by atoms with Crippen LogP contribution in [-0.2, 0) is 4.74 Å². The van der Waals surface area contributed by atoms with Crippen molar-refractivity contribution in [1.29, 1.82) is 0 Å². The van der Waals surface area contributed by atoms with E-state index in [2.05, 4.69) is 35.3 Å². The van der Waals surface area contributed by atoms with Gasteiger partial charge in [-0.3, -0.25) is 0 Å². The molecule has 2 aromatic heterocycles. The normalized spacial score (nSPS) is 16.4. The molecule has 5 heteroatoms. The third kappa shape index (κ3) is 2.75. The molecular formula is C16H24N4O. The van der Waals surface area contributed by atoms with Gasteiger partial charge in [-0.25, -0.2) is 4.98 Å². The van der Waals surface area contributed by atoms with Crippen molar-refractivity contribution < 1.29 is 4.74 Å². The minimum absolute atomic E-state index is 0.316. The predicted molar refractivity (Wildman–Crippen MR) is 83.8 cm³/mol. The van der Waals surface area contributed by atoms with Crippen LogP contribution in [0.2, 0.25) is 0 Å². The zero-order valence-corrected chi connectivity index (χ0v) is 13.4. The van der Waals surface area contributed by atoms with Crippen molar-refractivity contribution in [2.24, 2.45) is 5.41 Å². The van der Waals surface area contributed by atoms with Crippen molar-refractivity contribution in [3.05, 3.63) is 23.0 Å². The van der Waals surface area contributed by atoms with Crippen molar-refractivity contribution in [3.8, 4) is 0 Å². The predicted octanol–water partition coefficient (Wildman–Crippen LogP) is 2.88. The van der Waals surface area contributed by atoms with E-state index in [1.165, 1.54) is 12.8 Å². The first-order valence-corrected chi connectivity index (χ1v) is 7.70. The highest BCUT2D eigenvalue weighted by molar-refractivity contribution is 5.56. The van der Waals surface area contributed by atoms with E-state index in [-0.39, 0.29) is 0 Å². The second kappa shape index (κ2) is 5.30. The van der Waals surface area contributed by atoms with Crippen LogP contribution in [0.25, 0.3) is 5.65 Å². The second-order valence-corrected chi connectivity index (χ2v) is 6.22. The number of fused-ring (bicyclic) bond motifs is 1. The molecule has 1 aliphatic carbocycles. The lowest BCUT2D eigenvalue weighted by Gasteiger charge is -2.17. The first kappa shape index (κ1) is 14.3. The topological polar surface area (TPSA) is 51.5 Å². The number of aryl methyl sites for hydroxylation is 3. The number of nitrogens with one attached hydrogen (secondary N) is 1. The molecule has 0 spiro atoms. The van der Waals surface area contributed by atoms with E-state index in [4.69, 9.17) is 4.74 Å². The molecule has 1 N–H and O–H groups in total. The van der Waals surface area contributed by atoms with Crippen molar-refractivity contribution in [1.82, 2.24) is 14.6 Å². The summed E-state index contributed by atoms with van der Waals surface area (Å²) >= 11 is 0. The molecule has 0 aromatic carbocycles. The Balaban J connectivity index is 1.82. The van der Waals surface area contributed by atoms with Crippen LogP contribution in [0.4, 0.5) is 5.82 Å². The number of hydrogen-bond acceptors (Lipinski definition) is 4. The van der Waals surface area contributed by atoms with Gasteiger partial charge in [0.25, 0.3) is 0 Å². The van der Waals surface area contributed by atoms with E-state index in [0.29, 0.717) is 5.41 Å². The smallest absolute Gasteiger partial charge is 0.160 e. The third-order valence-electron chi connectivity index (χ3n) is 4.40. The van der Waals surface area contributed by atoms with E-state index >= 15 is 0 Å². The summed E-state index contributed by atoms with van der Waals surface area (Å²) in [6, 6.07) is 2.07. The van der Waals surface area contributed by atoms with Crippen LogP contribution in [-0.4, -0.2) is 34.4 Å². The molecule has 0 amide bonds. The largest absolute Gasteiger partial charge is 0.381 e. The Bertz CT molecular complexity index is 658. The van der Waals surface area contributed by atoms with Gasteiger partial charge in [-0.1, -0.05) is 0 Å². The summed E-state index contributed by atoms with van der Waals surface area (Å²) in [4.78, 5) is 4.60. The van der Waals surface area contributed by atoms with E-state index in [1.54, 1.807) is 0 Å². The summed E-state index contributed by atoms with van der Waals surface area (Å²) in [6.45, 7) is 10.8.